The molecule has 3 aromatic rings. The monoisotopic (exact) mass is 440 g/mol. The van der Waals surface area contributed by atoms with Crippen LogP contribution in [0, 0.1) is 0 Å². The van der Waals surface area contributed by atoms with Crippen molar-refractivity contribution in [2.75, 3.05) is 10.6 Å². The third kappa shape index (κ3) is 5.74. The van der Waals surface area contributed by atoms with Gasteiger partial charge in [-0.2, -0.15) is 0 Å². The van der Waals surface area contributed by atoms with E-state index in [4.69, 9.17) is 11.6 Å². The van der Waals surface area contributed by atoms with Gasteiger partial charge in [-0.3, -0.25) is 0 Å². The second-order valence-electron chi connectivity index (χ2n) is 7.50. The van der Waals surface area contributed by atoms with Crippen LogP contribution in [0.25, 0.3) is 0 Å². The second kappa shape index (κ2) is 9.96. The summed E-state index contributed by atoms with van der Waals surface area (Å²) in [5, 5.41) is 7.10. The minimum absolute atomic E-state index is 0.256. The van der Waals surface area contributed by atoms with Gasteiger partial charge in [0.25, 0.3) is 0 Å². The molecule has 1 heterocycles. The smallest absolute Gasteiger partial charge is 0.308 e. The van der Waals surface area contributed by atoms with Crippen LogP contribution in [-0.4, -0.2) is 16.0 Å². The highest BCUT2D eigenvalue weighted by Gasteiger charge is 2.16. The number of hydrogen-bond acceptors (Lipinski definition) is 4. The SMILES string of the molecule is CC(C)c1cccc(C(C)C)c1NC(=O)Nc1ccc(Sc2cnc(Cl)cn2)cc1. The largest absolute Gasteiger partial charge is 0.323 e. The number of halogens is 1. The molecule has 1 aromatic heterocycles. The lowest BCUT2D eigenvalue weighted by molar-refractivity contribution is 0.262. The molecule has 0 saturated carbocycles. The zero-order valence-electron chi connectivity index (χ0n) is 17.4. The number of carbonyl (C=O) groups is 1. The summed E-state index contributed by atoms with van der Waals surface area (Å²) >= 11 is 7.24. The van der Waals surface area contributed by atoms with Crippen LogP contribution in [0.3, 0.4) is 0 Å². The predicted molar refractivity (Wildman–Crippen MR) is 125 cm³/mol. The van der Waals surface area contributed by atoms with E-state index in [2.05, 4.69) is 66.5 Å². The first-order chi connectivity index (χ1) is 14.3. The molecule has 0 saturated heterocycles. The van der Waals surface area contributed by atoms with Crippen LogP contribution >= 0.6 is 23.4 Å². The minimum Gasteiger partial charge on any atom is -0.308 e. The van der Waals surface area contributed by atoms with Gasteiger partial charge in [-0.1, -0.05) is 69.3 Å². The van der Waals surface area contributed by atoms with Crippen LogP contribution in [0.4, 0.5) is 16.2 Å². The summed E-state index contributed by atoms with van der Waals surface area (Å²) in [4.78, 5) is 21.9. The van der Waals surface area contributed by atoms with Crippen molar-refractivity contribution in [3.05, 3.63) is 71.1 Å². The molecule has 2 N–H and O–H groups in total. The predicted octanol–water partition coefficient (Wildman–Crippen LogP) is 7.17. The zero-order chi connectivity index (χ0) is 21.7. The van der Waals surface area contributed by atoms with Crippen LogP contribution < -0.4 is 10.6 Å². The summed E-state index contributed by atoms with van der Waals surface area (Å²) in [5.74, 6) is 0.623. The molecule has 3 rings (SSSR count). The molecule has 30 heavy (non-hydrogen) atoms. The lowest BCUT2D eigenvalue weighted by Gasteiger charge is -2.20. The van der Waals surface area contributed by atoms with E-state index in [0.717, 1.165) is 26.7 Å². The van der Waals surface area contributed by atoms with Crippen LogP contribution in [0.15, 0.2) is 64.8 Å². The van der Waals surface area contributed by atoms with Crippen molar-refractivity contribution in [3.8, 4) is 0 Å². The summed E-state index contributed by atoms with van der Waals surface area (Å²) in [6, 6.07) is 13.5. The van der Waals surface area contributed by atoms with Crippen molar-refractivity contribution in [3.63, 3.8) is 0 Å². The van der Waals surface area contributed by atoms with Crippen LogP contribution in [-0.2, 0) is 0 Å². The topological polar surface area (TPSA) is 66.9 Å². The molecule has 7 heteroatoms. The molecule has 0 unspecified atom stereocenters. The highest BCUT2D eigenvalue weighted by molar-refractivity contribution is 7.99. The van der Waals surface area contributed by atoms with Crippen molar-refractivity contribution in [1.82, 2.24) is 9.97 Å². The van der Waals surface area contributed by atoms with E-state index >= 15 is 0 Å². The number of urea groups is 1. The number of hydrogen-bond donors (Lipinski definition) is 2. The fraction of sp³-hybridized carbons (Fsp3) is 0.261. The van der Waals surface area contributed by atoms with E-state index in [9.17, 15) is 4.79 Å². The van der Waals surface area contributed by atoms with Gasteiger partial charge in [0.2, 0.25) is 0 Å². The maximum atomic E-state index is 12.7. The fourth-order valence-corrected chi connectivity index (χ4v) is 3.87. The van der Waals surface area contributed by atoms with E-state index in [1.54, 1.807) is 6.20 Å². The third-order valence-corrected chi connectivity index (χ3v) is 5.67. The molecule has 2 aromatic carbocycles. The maximum Gasteiger partial charge on any atom is 0.323 e. The molecular formula is C23H25ClN4OS. The van der Waals surface area contributed by atoms with Gasteiger partial charge in [0.15, 0.2) is 0 Å². The Morgan fingerprint density at radius 2 is 1.53 bits per heavy atom. The van der Waals surface area contributed by atoms with Gasteiger partial charge in [-0.05, 0) is 47.2 Å². The zero-order valence-corrected chi connectivity index (χ0v) is 19.0. The van der Waals surface area contributed by atoms with Crippen molar-refractivity contribution in [2.24, 2.45) is 0 Å². The van der Waals surface area contributed by atoms with Crippen LogP contribution in [0.5, 0.6) is 0 Å². The van der Waals surface area contributed by atoms with Gasteiger partial charge in [0.1, 0.15) is 10.2 Å². The molecule has 0 radical (unpaired) electrons. The van der Waals surface area contributed by atoms with Gasteiger partial charge in [-0.25, -0.2) is 14.8 Å². The Hall–Kier alpha value is -2.57. The summed E-state index contributed by atoms with van der Waals surface area (Å²) in [7, 11) is 0. The normalized spacial score (nSPS) is 11.0. The Bertz CT molecular complexity index is 978. The molecule has 156 valence electrons. The summed E-state index contributed by atoms with van der Waals surface area (Å²) in [5.41, 5.74) is 3.87. The van der Waals surface area contributed by atoms with Gasteiger partial charge in [-0.15, -0.1) is 0 Å². The first kappa shape index (κ1) is 22.1. The number of amides is 2. The Morgan fingerprint density at radius 3 is 2.07 bits per heavy atom. The third-order valence-electron chi connectivity index (χ3n) is 4.54. The Kier molecular flexibility index (Phi) is 7.34. The number of nitrogens with one attached hydrogen (secondary N) is 2. The van der Waals surface area contributed by atoms with Gasteiger partial charge < -0.3 is 10.6 Å². The fourth-order valence-electron chi connectivity index (χ4n) is 3.05. The Morgan fingerprint density at radius 1 is 0.900 bits per heavy atom. The first-order valence-electron chi connectivity index (χ1n) is 9.79. The molecule has 0 bridgehead atoms. The molecule has 5 nitrogen and oxygen atoms in total. The van der Waals surface area contributed by atoms with Gasteiger partial charge in [0.05, 0.1) is 12.4 Å². The summed E-state index contributed by atoms with van der Waals surface area (Å²) in [6.07, 6.45) is 3.15. The average molecular weight is 441 g/mol. The molecule has 0 spiro atoms. The molecule has 0 aliphatic carbocycles. The number of nitrogens with zero attached hydrogens (tertiary/aromatic N) is 2. The highest BCUT2D eigenvalue weighted by atomic mass is 35.5. The first-order valence-corrected chi connectivity index (χ1v) is 11.0. The highest BCUT2D eigenvalue weighted by Crippen LogP contribution is 2.32. The summed E-state index contributed by atoms with van der Waals surface area (Å²) in [6.45, 7) is 8.52. The van der Waals surface area contributed by atoms with E-state index in [-0.39, 0.29) is 6.03 Å². The van der Waals surface area contributed by atoms with E-state index in [0.29, 0.717) is 22.7 Å². The number of aromatic nitrogens is 2. The molecule has 0 atom stereocenters. The maximum absolute atomic E-state index is 12.7. The van der Waals surface area contributed by atoms with Crippen LogP contribution in [0.1, 0.15) is 50.7 Å². The lowest BCUT2D eigenvalue weighted by Crippen LogP contribution is -2.21. The number of rotatable bonds is 6. The quantitative estimate of drug-likeness (QED) is 0.426. The van der Waals surface area contributed by atoms with E-state index in [1.807, 2.05) is 24.3 Å². The number of benzene rings is 2. The van der Waals surface area contributed by atoms with E-state index in [1.165, 1.54) is 18.0 Å². The number of carbonyl (C=O) groups excluding carboxylic acids is 1. The molecular weight excluding hydrogens is 416 g/mol. The van der Waals surface area contributed by atoms with Crippen LogP contribution in [0.2, 0.25) is 5.15 Å². The Labute approximate surface area is 186 Å². The number of anilines is 2. The van der Waals surface area contributed by atoms with E-state index < -0.39 is 0 Å². The van der Waals surface area contributed by atoms with Crippen molar-refractivity contribution in [1.29, 1.82) is 0 Å². The van der Waals surface area contributed by atoms with Gasteiger partial charge >= 0.3 is 6.03 Å². The van der Waals surface area contributed by atoms with Crippen molar-refractivity contribution in [2.45, 2.75) is 49.5 Å². The standard InChI is InChI=1S/C23H25ClN4OS/c1-14(2)18-6-5-7-19(15(3)4)22(18)28-23(29)27-16-8-10-17(11-9-16)30-21-13-25-20(24)12-26-21/h5-15H,1-4H3,(H2,27,28,29). The average Bonchev–Trinajstić information content (AvgIpc) is 2.71. The Balaban J connectivity index is 1.69. The van der Waals surface area contributed by atoms with Crippen molar-refractivity contribution < 1.29 is 4.79 Å². The minimum atomic E-state index is -0.256. The lowest BCUT2D eigenvalue weighted by atomic mass is 9.93. The molecule has 2 amide bonds. The second-order valence-corrected chi connectivity index (χ2v) is 8.98. The van der Waals surface area contributed by atoms with Crippen molar-refractivity contribution >= 4 is 40.8 Å². The van der Waals surface area contributed by atoms with Gasteiger partial charge in [0, 0.05) is 16.3 Å². The molecule has 0 aliphatic rings. The summed E-state index contributed by atoms with van der Waals surface area (Å²) < 4.78 is 0. The number of para-hydroxylation sites is 1. The molecule has 0 fully saturated rings. The molecule has 0 aliphatic heterocycles.